The number of nitrogens with one attached hydrogen (secondary N) is 1. The Bertz CT molecular complexity index is 1380. The number of aromatic nitrogens is 2. The molecular formula is C28H27ClN4O3S. The summed E-state index contributed by atoms with van der Waals surface area (Å²) in [6, 6.07) is 23.2. The van der Waals surface area contributed by atoms with Gasteiger partial charge in [0, 0.05) is 30.9 Å². The van der Waals surface area contributed by atoms with Crippen molar-refractivity contribution in [2.75, 3.05) is 32.3 Å². The summed E-state index contributed by atoms with van der Waals surface area (Å²) >= 11 is 12.5. The summed E-state index contributed by atoms with van der Waals surface area (Å²) < 4.78 is 18.6. The van der Waals surface area contributed by atoms with Gasteiger partial charge in [0.15, 0.2) is 5.11 Å². The minimum Gasteiger partial charge on any atom is -0.495 e. The largest absolute Gasteiger partial charge is 0.495 e. The molecule has 1 saturated heterocycles. The van der Waals surface area contributed by atoms with Crippen LogP contribution in [0, 0.1) is 0 Å². The number of para-hydroxylation sites is 2. The lowest BCUT2D eigenvalue weighted by Crippen LogP contribution is -2.30. The summed E-state index contributed by atoms with van der Waals surface area (Å²) in [5, 5.41) is 4.58. The number of ether oxygens (including phenoxy) is 3. The lowest BCUT2D eigenvalue weighted by atomic mass is 10.0. The fourth-order valence-electron chi connectivity index (χ4n) is 4.61. The van der Waals surface area contributed by atoms with Gasteiger partial charge >= 0.3 is 0 Å². The molecule has 4 aromatic rings. The highest BCUT2D eigenvalue weighted by Gasteiger charge is 2.42. The number of benzene rings is 2. The lowest BCUT2D eigenvalue weighted by Gasteiger charge is -2.29. The molecular weight excluding hydrogens is 508 g/mol. The van der Waals surface area contributed by atoms with Crippen LogP contribution in [0.5, 0.6) is 11.5 Å². The molecule has 1 N–H and O–H groups in total. The summed E-state index contributed by atoms with van der Waals surface area (Å²) in [6.45, 7) is 0.891. The molecule has 0 unspecified atom stereocenters. The van der Waals surface area contributed by atoms with E-state index in [9.17, 15) is 0 Å². The maximum atomic E-state index is 6.64. The van der Waals surface area contributed by atoms with E-state index < -0.39 is 0 Å². The Morgan fingerprint density at radius 1 is 0.973 bits per heavy atom. The van der Waals surface area contributed by atoms with Gasteiger partial charge in [0.1, 0.15) is 24.1 Å². The average Bonchev–Trinajstić information content (AvgIpc) is 3.54. The van der Waals surface area contributed by atoms with Crippen molar-refractivity contribution in [1.29, 1.82) is 0 Å². The van der Waals surface area contributed by atoms with E-state index in [1.807, 2.05) is 72.9 Å². The number of hydrogen-bond donors (Lipinski definition) is 1. The Morgan fingerprint density at radius 3 is 2.57 bits per heavy atom. The molecule has 2 aromatic heterocycles. The first-order chi connectivity index (χ1) is 18.1. The van der Waals surface area contributed by atoms with Gasteiger partial charge in [-0.15, -0.1) is 0 Å². The summed E-state index contributed by atoms with van der Waals surface area (Å²) in [7, 11) is 3.31. The number of pyridine rings is 1. The van der Waals surface area contributed by atoms with E-state index in [0.29, 0.717) is 29.1 Å². The highest BCUT2D eigenvalue weighted by molar-refractivity contribution is 7.80. The Kier molecular flexibility index (Phi) is 7.60. The van der Waals surface area contributed by atoms with Gasteiger partial charge in [-0.1, -0.05) is 29.8 Å². The molecule has 1 aliphatic rings. The molecule has 0 bridgehead atoms. The molecule has 0 aliphatic carbocycles. The predicted molar refractivity (Wildman–Crippen MR) is 149 cm³/mol. The first-order valence-corrected chi connectivity index (χ1v) is 12.6. The third-order valence-corrected chi connectivity index (χ3v) is 6.87. The Balaban J connectivity index is 1.60. The van der Waals surface area contributed by atoms with Gasteiger partial charge in [0.05, 0.1) is 36.2 Å². The fourth-order valence-corrected chi connectivity index (χ4v) is 5.18. The van der Waals surface area contributed by atoms with Gasteiger partial charge in [-0.3, -0.25) is 4.98 Å². The summed E-state index contributed by atoms with van der Waals surface area (Å²) in [6.07, 6.45) is 3.82. The number of nitrogens with zero attached hydrogens (tertiary/aromatic N) is 3. The maximum Gasteiger partial charge on any atom is 0.174 e. The lowest BCUT2D eigenvalue weighted by molar-refractivity contribution is 0.146. The van der Waals surface area contributed by atoms with Crippen LogP contribution in [0.3, 0.4) is 0 Å². The molecule has 0 amide bonds. The maximum absolute atomic E-state index is 6.64. The molecule has 1 fully saturated rings. The molecule has 0 spiro atoms. The van der Waals surface area contributed by atoms with Crippen molar-refractivity contribution in [2.45, 2.75) is 12.1 Å². The minimum absolute atomic E-state index is 0.200. The highest BCUT2D eigenvalue weighted by atomic mass is 35.5. The molecule has 0 saturated carbocycles. The van der Waals surface area contributed by atoms with Crippen LogP contribution in [0.2, 0.25) is 5.02 Å². The molecule has 7 nitrogen and oxygen atoms in total. The molecule has 1 aliphatic heterocycles. The zero-order valence-corrected chi connectivity index (χ0v) is 22.1. The zero-order chi connectivity index (χ0) is 25.8. The van der Waals surface area contributed by atoms with Crippen LogP contribution in [-0.2, 0) is 4.74 Å². The van der Waals surface area contributed by atoms with Crippen molar-refractivity contribution >= 4 is 34.6 Å². The van der Waals surface area contributed by atoms with E-state index in [0.717, 1.165) is 28.5 Å². The average molecular weight is 535 g/mol. The standard InChI is InChI=1S/C28H27ClN4O3S/c1-34-16-17-36-24-13-12-19(18-20(24)29)33-27(26(31-28(33)37)21-8-5-6-14-30-21)23-10-7-15-32(23)22-9-3-4-11-25(22)35-2/h3-15,18,26-27H,16-17H2,1-2H3,(H,31,37)/t26-,27+/m0/s1. The quantitative estimate of drug-likeness (QED) is 0.217. The van der Waals surface area contributed by atoms with E-state index in [-0.39, 0.29) is 12.1 Å². The van der Waals surface area contributed by atoms with Crippen molar-refractivity contribution in [3.8, 4) is 17.2 Å². The van der Waals surface area contributed by atoms with Crippen molar-refractivity contribution < 1.29 is 14.2 Å². The predicted octanol–water partition coefficient (Wildman–Crippen LogP) is 5.74. The third kappa shape index (κ3) is 5.00. The van der Waals surface area contributed by atoms with Gasteiger partial charge in [-0.25, -0.2) is 0 Å². The van der Waals surface area contributed by atoms with E-state index in [1.165, 1.54) is 0 Å². The van der Waals surface area contributed by atoms with E-state index in [4.69, 9.17) is 38.0 Å². The molecule has 0 radical (unpaired) electrons. The number of methoxy groups -OCH3 is 2. The number of anilines is 1. The van der Waals surface area contributed by atoms with Crippen molar-refractivity contribution in [3.63, 3.8) is 0 Å². The third-order valence-electron chi connectivity index (χ3n) is 6.26. The first kappa shape index (κ1) is 25.1. The highest BCUT2D eigenvalue weighted by Crippen LogP contribution is 2.44. The van der Waals surface area contributed by atoms with Gasteiger partial charge in [0.2, 0.25) is 0 Å². The first-order valence-electron chi connectivity index (χ1n) is 11.8. The second-order valence-corrected chi connectivity index (χ2v) is 9.22. The number of halogens is 1. The van der Waals surface area contributed by atoms with Gasteiger partial charge in [-0.05, 0) is 66.8 Å². The summed E-state index contributed by atoms with van der Waals surface area (Å²) in [5.41, 5.74) is 3.68. The molecule has 3 heterocycles. The SMILES string of the molecule is COCCOc1ccc(N2C(=S)N[C@@H](c3ccccn3)[C@H]2c2cccn2-c2ccccc2OC)cc1Cl. The van der Waals surface area contributed by atoms with Crippen molar-refractivity contribution in [3.05, 3.63) is 102 Å². The van der Waals surface area contributed by atoms with E-state index >= 15 is 0 Å². The van der Waals surface area contributed by atoms with Crippen LogP contribution in [0.4, 0.5) is 5.69 Å². The van der Waals surface area contributed by atoms with Crippen molar-refractivity contribution in [2.24, 2.45) is 0 Å². The smallest absolute Gasteiger partial charge is 0.174 e. The second kappa shape index (κ2) is 11.2. The topological polar surface area (TPSA) is 60.8 Å². The zero-order valence-electron chi connectivity index (χ0n) is 20.5. The summed E-state index contributed by atoms with van der Waals surface area (Å²) in [5.74, 6) is 1.37. The second-order valence-electron chi connectivity index (χ2n) is 8.43. The normalized spacial score (nSPS) is 17.1. The molecule has 2 aromatic carbocycles. The Morgan fingerprint density at radius 2 is 1.81 bits per heavy atom. The van der Waals surface area contributed by atoms with Crippen LogP contribution in [0.25, 0.3) is 5.69 Å². The van der Waals surface area contributed by atoms with Crippen LogP contribution in [0.1, 0.15) is 23.5 Å². The monoisotopic (exact) mass is 534 g/mol. The molecule has 2 atom stereocenters. The number of hydrogen-bond acceptors (Lipinski definition) is 5. The van der Waals surface area contributed by atoms with Gasteiger partial charge in [0.25, 0.3) is 0 Å². The van der Waals surface area contributed by atoms with E-state index in [2.05, 4.69) is 25.8 Å². The molecule has 37 heavy (non-hydrogen) atoms. The Hall–Kier alpha value is -3.59. The minimum atomic E-state index is -0.223. The van der Waals surface area contributed by atoms with Gasteiger partial charge in [-0.2, -0.15) is 0 Å². The number of thiocarbonyl (C=S) groups is 1. The molecule has 9 heteroatoms. The van der Waals surface area contributed by atoms with Crippen LogP contribution < -0.4 is 19.7 Å². The van der Waals surface area contributed by atoms with E-state index in [1.54, 1.807) is 20.4 Å². The fraction of sp³-hybridized carbons (Fsp3) is 0.214. The van der Waals surface area contributed by atoms with Gasteiger partial charge < -0.3 is 29.0 Å². The molecule has 5 rings (SSSR count). The van der Waals surface area contributed by atoms with Crippen LogP contribution in [0.15, 0.2) is 85.2 Å². The number of rotatable bonds is 9. The van der Waals surface area contributed by atoms with Crippen molar-refractivity contribution in [1.82, 2.24) is 14.9 Å². The molecule has 190 valence electrons. The Labute approximate surface area is 226 Å². The van der Waals surface area contributed by atoms with Crippen LogP contribution >= 0.6 is 23.8 Å². The summed E-state index contributed by atoms with van der Waals surface area (Å²) in [4.78, 5) is 6.74. The van der Waals surface area contributed by atoms with Crippen LogP contribution in [-0.4, -0.2) is 42.1 Å².